The van der Waals surface area contributed by atoms with Crippen LogP contribution in [0.4, 0.5) is 0 Å². The molecule has 7 nitrogen and oxygen atoms in total. The molecule has 7 heteroatoms. The fourth-order valence-corrected chi connectivity index (χ4v) is 1.81. The first-order valence-corrected chi connectivity index (χ1v) is 6.78. The topological polar surface area (TPSA) is 87.5 Å². The number of nitrogens with zero attached hydrogens (tertiary/aromatic N) is 2. The first-order valence-electron chi connectivity index (χ1n) is 6.78. The molecule has 0 radical (unpaired) electrons. The molecule has 0 unspecified atom stereocenters. The summed E-state index contributed by atoms with van der Waals surface area (Å²) in [5.74, 6) is -0.946. The maximum absolute atomic E-state index is 11.9. The molecule has 21 heavy (non-hydrogen) atoms. The summed E-state index contributed by atoms with van der Waals surface area (Å²) in [5, 5.41) is 4.12. The van der Waals surface area contributed by atoms with Crippen molar-refractivity contribution >= 4 is 17.7 Å². The van der Waals surface area contributed by atoms with E-state index in [1.54, 1.807) is 19.9 Å². The van der Waals surface area contributed by atoms with E-state index < -0.39 is 5.97 Å². The van der Waals surface area contributed by atoms with Crippen LogP contribution >= 0.6 is 0 Å². The number of Topliss-reactive ketones (excluding diaryl/α,β-unsaturated/α-hetero) is 1. The molecule has 1 aromatic heterocycles. The van der Waals surface area contributed by atoms with Crippen molar-refractivity contribution in [3.8, 4) is 0 Å². The monoisotopic (exact) mass is 296 g/mol. The van der Waals surface area contributed by atoms with Crippen LogP contribution in [0.3, 0.4) is 0 Å². The molecule has 0 atom stereocenters. The van der Waals surface area contributed by atoms with Crippen LogP contribution in [0.25, 0.3) is 0 Å². The third-order valence-electron chi connectivity index (χ3n) is 2.78. The Hall–Kier alpha value is -2.18. The predicted molar refractivity (Wildman–Crippen MR) is 73.8 cm³/mol. The van der Waals surface area contributed by atoms with E-state index in [1.807, 2.05) is 0 Å². The number of rotatable bonds is 8. The maximum Gasteiger partial charge on any atom is 0.356 e. The second-order valence-electron chi connectivity index (χ2n) is 4.52. The quantitative estimate of drug-likeness (QED) is 0.672. The smallest absolute Gasteiger partial charge is 0.356 e. The number of hydrogen-bond donors (Lipinski definition) is 0. The Labute approximate surface area is 123 Å². The van der Waals surface area contributed by atoms with E-state index in [0.29, 0.717) is 12.1 Å². The zero-order valence-corrected chi connectivity index (χ0v) is 12.5. The van der Waals surface area contributed by atoms with Gasteiger partial charge in [-0.1, -0.05) is 0 Å². The zero-order valence-electron chi connectivity index (χ0n) is 12.5. The van der Waals surface area contributed by atoms with Crippen LogP contribution in [0.5, 0.6) is 0 Å². The SMILES string of the molecule is CCOC(=O)c1cc(C)nn1CC(=O)CCCC(=O)OC. The molecule has 0 aliphatic rings. The van der Waals surface area contributed by atoms with E-state index in [0.717, 1.165) is 0 Å². The Balaban J connectivity index is 2.59. The molecule has 0 aliphatic carbocycles. The minimum absolute atomic E-state index is 0.0108. The van der Waals surface area contributed by atoms with Gasteiger partial charge in [-0.3, -0.25) is 14.3 Å². The van der Waals surface area contributed by atoms with Gasteiger partial charge in [-0.05, 0) is 26.3 Å². The van der Waals surface area contributed by atoms with Gasteiger partial charge in [0.25, 0.3) is 0 Å². The van der Waals surface area contributed by atoms with Gasteiger partial charge < -0.3 is 9.47 Å². The number of aryl methyl sites for hydroxylation is 1. The third kappa shape index (κ3) is 5.37. The summed E-state index contributed by atoms with van der Waals surface area (Å²) in [6.45, 7) is 3.70. The minimum Gasteiger partial charge on any atom is -0.469 e. The summed E-state index contributed by atoms with van der Waals surface area (Å²) in [7, 11) is 1.31. The lowest BCUT2D eigenvalue weighted by atomic mass is 10.2. The summed E-state index contributed by atoms with van der Waals surface area (Å²) in [4.78, 5) is 34.6. The van der Waals surface area contributed by atoms with Gasteiger partial charge in [0, 0.05) is 12.8 Å². The number of esters is 2. The highest BCUT2D eigenvalue weighted by molar-refractivity contribution is 5.88. The Bertz CT molecular complexity index is 521. The summed E-state index contributed by atoms with van der Waals surface area (Å²) < 4.78 is 10.8. The van der Waals surface area contributed by atoms with Crippen LogP contribution in [0.15, 0.2) is 6.07 Å². The average molecular weight is 296 g/mol. The Morgan fingerprint density at radius 3 is 2.62 bits per heavy atom. The number of carbonyl (C=O) groups excluding carboxylic acids is 3. The second kappa shape index (κ2) is 8.18. The number of aromatic nitrogens is 2. The highest BCUT2D eigenvalue weighted by atomic mass is 16.5. The fourth-order valence-electron chi connectivity index (χ4n) is 1.81. The molecule has 0 saturated carbocycles. The van der Waals surface area contributed by atoms with Gasteiger partial charge in [-0.25, -0.2) is 4.79 Å². The van der Waals surface area contributed by atoms with E-state index in [9.17, 15) is 14.4 Å². The molecule has 0 fully saturated rings. The molecular weight excluding hydrogens is 276 g/mol. The summed E-state index contributed by atoms with van der Waals surface area (Å²) >= 11 is 0. The zero-order chi connectivity index (χ0) is 15.8. The molecule has 1 rings (SSSR count). The van der Waals surface area contributed by atoms with Gasteiger partial charge in [-0.15, -0.1) is 0 Å². The third-order valence-corrected chi connectivity index (χ3v) is 2.78. The van der Waals surface area contributed by atoms with Crippen LogP contribution in [0.1, 0.15) is 42.4 Å². The fraction of sp³-hybridized carbons (Fsp3) is 0.571. The Morgan fingerprint density at radius 2 is 2.00 bits per heavy atom. The van der Waals surface area contributed by atoms with Crippen molar-refractivity contribution in [3.63, 3.8) is 0 Å². The molecule has 1 heterocycles. The molecule has 0 spiro atoms. The second-order valence-corrected chi connectivity index (χ2v) is 4.52. The van der Waals surface area contributed by atoms with Crippen LogP contribution in [-0.2, 0) is 25.6 Å². The number of ketones is 1. The average Bonchev–Trinajstić information content (AvgIpc) is 2.79. The molecule has 0 bridgehead atoms. The largest absolute Gasteiger partial charge is 0.469 e. The molecule has 1 aromatic rings. The van der Waals surface area contributed by atoms with Crippen LogP contribution in [-0.4, -0.2) is 41.2 Å². The molecular formula is C14H20N2O5. The van der Waals surface area contributed by atoms with Crippen molar-refractivity contribution < 1.29 is 23.9 Å². The summed E-state index contributed by atoms with van der Waals surface area (Å²) in [5.41, 5.74) is 0.899. The van der Waals surface area contributed by atoms with Crippen molar-refractivity contribution in [2.45, 2.75) is 39.7 Å². The first kappa shape index (κ1) is 16.9. The lowest BCUT2D eigenvalue weighted by molar-refractivity contribution is -0.140. The van der Waals surface area contributed by atoms with E-state index in [4.69, 9.17) is 4.74 Å². The lowest BCUT2D eigenvalue weighted by Crippen LogP contribution is -2.18. The maximum atomic E-state index is 11.9. The van der Waals surface area contributed by atoms with Crippen molar-refractivity contribution in [1.82, 2.24) is 9.78 Å². The number of ether oxygens (including phenoxy) is 2. The molecule has 0 N–H and O–H groups in total. The molecule has 0 amide bonds. The van der Waals surface area contributed by atoms with Crippen molar-refractivity contribution in [2.75, 3.05) is 13.7 Å². The van der Waals surface area contributed by atoms with Crippen molar-refractivity contribution in [1.29, 1.82) is 0 Å². The Kier molecular flexibility index (Phi) is 6.58. The highest BCUT2D eigenvalue weighted by Gasteiger charge is 2.17. The standard InChI is InChI=1S/C14H20N2O5/c1-4-21-14(19)12-8-10(2)15-16(12)9-11(17)6-5-7-13(18)20-3/h8H,4-7,9H2,1-3H3. The van der Waals surface area contributed by atoms with Gasteiger partial charge in [0.15, 0.2) is 5.78 Å². The molecule has 0 saturated heterocycles. The molecule has 0 aromatic carbocycles. The van der Waals surface area contributed by atoms with Gasteiger partial charge in [0.1, 0.15) is 12.2 Å². The Morgan fingerprint density at radius 1 is 1.29 bits per heavy atom. The lowest BCUT2D eigenvalue weighted by Gasteiger charge is -2.06. The molecule has 116 valence electrons. The van der Waals surface area contributed by atoms with Crippen LogP contribution < -0.4 is 0 Å². The predicted octanol–water partition coefficient (Wildman–Crippen LogP) is 1.28. The summed E-state index contributed by atoms with van der Waals surface area (Å²) in [6, 6.07) is 1.58. The number of carbonyl (C=O) groups is 3. The van der Waals surface area contributed by atoms with Crippen LogP contribution in [0, 0.1) is 6.92 Å². The van der Waals surface area contributed by atoms with Gasteiger partial charge in [0.05, 0.1) is 19.4 Å². The van der Waals surface area contributed by atoms with E-state index >= 15 is 0 Å². The minimum atomic E-state index is -0.500. The van der Waals surface area contributed by atoms with Gasteiger partial charge in [-0.2, -0.15) is 5.10 Å². The van der Waals surface area contributed by atoms with Gasteiger partial charge >= 0.3 is 11.9 Å². The van der Waals surface area contributed by atoms with Crippen LogP contribution in [0.2, 0.25) is 0 Å². The van der Waals surface area contributed by atoms with Gasteiger partial charge in [0.2, 0.25) is 0 Å². The highest BCUT2D eigenvalue weighted by Crippen LogP contribution is 2.08. The number of methoxy groups -OCH3 is 1. The van der Waals surface area contributed by atoms with Crippen molar-refractivity contribution in [2.24, 2.45) is 0 Å². The van der Waals surface area contributed by atoms with E-state index in [2.05, 4.69) is 9.84 Å². The summed E-state index contributed by atoms with van der Waals surface area (Å²) in [6.07, 6.45) is 0.849. The van der Waals surface area contributed by atoms with Crippen molar-refractivity contribution in [3.05, 3.63) is 17.5 Å². The number of hydrogen-bond acceptors (Lipinski definition) is 6. The van der Waals surface area contributed by atoms with E-state index in [-0.39, 0.29) is 43.4 Å². The first-order chi connectivity index (χ1) is 9.97. The van der Waals surface area contributed by atoms with E-state index in [1.165, 1.54) is 11.8 Å². The molecule has 0 aliphatic heterocycles. The normalized spacial score (nSPS) is 10.2.